The molecule has 140 valence electrons. The summed E-state index contributed by atoms with van der Waals surface area (Å²) in [5.74, 6) is 0.229. The van der Waals surface area contributed by atoms with Crippen LogP contribution in [0.25, 0.3) is 11.0 Å². The van der Waals surface area contributed by atoms with Crippen molar-refractivity contribution in [1.29, 1.82) is 0 Å². The monoisotopic (exact) mass is 356 g/mol. The zero-order valence-electron chi connectivity index (χ0n) is 15.7. The van der Waals surface area contributed by atoms with Crippen LogP contribution in [0.4, 0.5) is 0 Å². The van der Waals surface area contributed by atoms with Crippen molar-refractivity contribution in [2.75, 3.05) is 19.6 Å². The van der Waals surface area contributed by atoms with Gasteiger partial charge in [0.05, 0.1) is 24.6 Å². The summed E-state index contributed by atoms with van der Waals surface area (Å²) in [5.41, 5.74) is 3.32. The van der Waals surface area contributed by atoms with Gasteiger partial charge in [-0.1, -0.05) is 30.5 Å². The van der Waals surface area contributed by atoms with Gasteiger partial charge in [-0.15, -0.1) is 5.10 Å². The largest absolute Gasteiger partial charge is 0.348 e. The molecular formula is C20H30N5O+. The standard InChI is InChI=1S/C20H29N5O/c1-15-7-8-19-18(13-15)22-23-25(19)17-9-11-24(12-10-17)14-20(26)21-16-5-3-2-4-6-16/h7-8,13,16-17H,2-6,9-12,14H2,1H3,(H,21,26)/p+1. The Morgan fingerprint density at radius 3 is 2.73 bits per heavy atom. The van der Waals surface area contributed by atoms with Crippen molar-refractivity contribution >= 4 is 16.9 Å². The van der Waals surface area contributed by atoms with Crippen LogP contribution in [0.2, 0.25) is 0 Å². The molecule has 4 rings (SSSR count). The third-order valence-electron chi connectivity index (χ3n) is 6.02. The number of nitrogens with one attached hydrogen (secondary N) is 2. The van der Waals surface area contributed by atoms with E-state index in [2.05, 4.69) is 45.4 Å². The summed E-state index contributed by atoms with van der Waals surface area (Å²) < 4.78 is 2.09. The van der Waals surface area contributed by atoms with Crippen LogP contribution in [-0.4, -0.2) is 46.6 Å². The number of fused-ring (bicyclic) bond motifs is 1. The molecule has 0 radical (unpaired) electrons. The number of hydrogen-bond acceptors (Lipinski definition) is 3. The molecule has 2 aromatic rings. The van der Waals surface area contributed by atoms with Gasteiger partial charge in [-0.25, -0.2) is 4.68 Å². The number of benzene rings is 1. The number of carbonyl (C=O) groups excluding carboxylic acids is 1. The fourth-order valence-corrected chi connectivity index (χ4v) is 4.51. The molecule has 0 unspecified atom stereocenters. The number of carbonyl (C=O) groups is 1. The average Bonchev–Trinajstić information content (AvgIpc) is 3.06. The number of aryl methyl sites for hydroxylation is 1. The van der Waals surface area contributed by atoms with Crippen molar-refractivity contribution in [3.8, 4) is 0 Å². The number of nitrogens with zero attached hydrogens (tertiary/aromatic N) is 3. The first-order chi connectivity index (χ1) is 12.7. The lowest BCUT2D eigenvalue weighted by Gasteiger charge is -2.30. The second-order valence-electron chi connectivity index (χ2n) is 8.09. The number of quaternary nitrogens is 1. The van der Waals surface area contributed by atoms with Crippen LogP contribution >= 0.6 is 0 Å². The first kappa shape index (κ1) is 17.5. The molecule has 1 saturated heterocycles. The molecule has 1 aromatic carbocycles. The van der Waals surface area contributed by atoms with Gasteiger partial charge in [0, 0.05) is 18.9 Å². The zero-order valence-corrected chi connectivity index (χ0v) is 15.7. The molecule has 0 spiro atoms. The lowest BCUT2D eigenvalue weighted by atomic mass is 9.95. The Labute approximate surface area is 154 Å². The Morgan fingerprint density at radius 2 is 1.96 bits per heavy atom. The highest BCUT2D eigenvalue weighted by Crippen LogP contribution is 2.22. The molecule has 1 aromatic heterocycles. The number of aromatic nitrogens is 3. The first-order valence-corrected chi connectivity index (χ1v) is 10.1. The van der Waals surface area contributed by atoms with E-state index in [1.54, 1.807) is 0 Å². The minimum atomic E-state index is 0.229. The first-order valence-electron chi connectivity index (χ1n) is 10.1. The third-order valence-corrected chi connectivity index (χ3v) is 6.02. The van der Waals surface area contributed by atoms with Crippen LogP contribution in [0.3, 0.4) is 0 Å². The van der Waals surface area contributed by atoms with E-state index in [1.807, 2.05) is 0 Å². The quantitative estimate of drug-likeness (QED) is 0.871. The van der Waals surface area contributed by atoms with E-state index in [1.165, 1.54) is 29.7 Å². The van der Waals surface area contributed by atoms with Crippen LogP contribution in [0.1, 0.15) is 56.6 Å². The predicted molar refractivity (Wildman–Crippen MR) is 101 cm³/mol. The maximum absolute atomic E-state index is 12.3. The molecule has 0 atom stereocenters. The van der Waals surface area contributed by atoms with Gasteiger partial charge in [0.1, 0.15) is 5.52 Å². The van der Waals surface area contributed by atoms with Gasteiger partial charge in [-0.3, -0.25) is 4.79 Å². The lowest BCUT2D eigenvalue weighted by molar-refractivity contribution is -0.897. The molecule has 1 saturated carbocycles. The summed E-state index contributed by atoms with van der Waals surface area (Å²) in [6.45, 7) is 4.74. The summed E-state index contributed by atoms with van der Waals surface area (Å²) >= 11 is 0. The smallest absolute Gasteiger partial charge is 0.275 e. The van der Waals surface area contributed by atoms with Crippen LogP contribution in [-0.2, 0) is 4.79 Å². The van der Waals surface area contributed by atoms with Crippen molar-refractivity contribution in [3.63, 3.8) is 0 Å². The van der Waals surface area contributed by atoms with E-state index in [0.29, 0.717) is 18.6 Å². The van der Waals surface area contributed by atoms with E-state index in [-0.39, 0.29) is 5.91 Å². The van der Waals surface area contributed by atoms with Crippen molar-refractivity contribution in [2.45, 2.75) is 64.0 Å². The van der Waals surface area contributed by atoms with E-state index in [0.717, 1.165) is 49.8 Å². The molecule has 0 bridgehead atoms. The fourth-order valence-electron chi connectivity index (χ4n) is 4.51. The number of amides is 1. The predicted octanol–water partition coefficient (Wildman–Crippen LogP) is 1.41. The molecule has 2 N–H and O–H groups in total. The number of rotatable bonds is 4. The molecule has 1 aliphatic heterocycles. The van der Waals surface area contributed by atoms with E-state index in [4.69, 9.17) is 0 Å². The topological polar surface area (TPSA) is 64.2 Å². The van der Waals surface area contributed by atoms with Crippen molar-refractivity contribution in [1.82, 2.24) is 20.3 Å². The van der Waals surface area contributed by atoms with Gasteiger partial charge in [0.25, 0.3) is 5.91 Å². The summed E-state index contributed by atoms with van der Waals surface area (Å²) in [6.07, 6.45) is 8.26. The zero-order chi connectivity index (χ0) is 17.9. The second kappa shape index (κ2) is 7.74. The molecule has 6 nitrogen and oxygen atoms in total. The molecule has 26 heavy (non-hydrogen) atoms. The molecule has 6 heteroatoms. The highest BCUT2D eigenvalue weighted by Gasteiger charge is 2.27. The highest BCUT2D eigenvalue weighted by atomic mass is 16.2. The molecular weight excluding hydrogens is 326 g/mol. The van der Waals surface area contributed by atoms with Crippen molar-refractivity contribution in [2.24, 2.45) is 0 Å². The van der Waals surface area contributed by atoms with Crippen molar-refractivity contribution < 1.29 is 9.69 Å². The Hall–Kier alpha value is -1.95. The molecule has 2 fully saturated rings. The molecule has 1 aliphatic carbocycles. The maximum atomic E-state index is 12.3. The third kappa shape index (κ3) is 3.90. The summed E-state index contributed by atoms with van der Waals surface area (Å²) in [6, 6.07) is 7.15. The number of hydrogen-bond donors (Lipinski definition) is 2. The number of likely N-dealkylation sites (tertiary alicyclic amines) is 1. The maximum Gasteiger partial charge on any atom is 0.275 e. The average molecular weight is 356 g/mol. The molecule has 1 amide bonds. The van der Waals surface area contributed by atoms with Crippen LogP contribution in [0, 0.1) is 6.92 Å². The van der Waals surface area contributed by atoms with Gasteiger partial charge in [-0.05, 0) is 37.5 Å². The SMILES string of the molecule is Cc1ccc2c(c1)nnn2C1CC[NH+](CC(=O)NC2CCCCC2)CC1. The fraction of sp³-hybridized carbons (Fsp3) is 0.650. The Bertz CT molecular complexity index is 757. The Balaban J connectivity index is 1.30. The molecule has 2 heterocycles. The van der Waals surface area contributed by atoms with Crippen LogP contribution in [0.5, 0.6) is 0 Å². The van der Waals surface area contributed by atoms with Crippen LogP contribution in [0.15, 0.2) is 18.2 Å². The van der Waals surface area contributed by atoms with Gasteiger partial charge >= 0.3 is 0 Å². The Morgan fingerprint density at radius 1 is 1.19 bits per heavy atom. The van der Waals surface area contributed by atoms with E-state index >= 15 is 0 Å². The highest BCUT2D eigenvalue weighted by molar-refractivity contribution is 5.77. The van der Waals surface area contributed by atoms with Gasteiger partial charge < -0.3 is 10.2 Å². The van der Waals surface area contributed by atoms with Gasteiger partial charge in [0.15, 0.2) is 6.54 Å². The summed E-state index contributed by atoms with van der Waals surface area (Å²) in [5, 5.41) is 12.0. The van der Waals surface area contributed by atoms with Crippen LogP contribution < -0.4 is 10.2 Å². The normalized spacial score (nSPS) is 24.7. The second-order valence-corrected chi connectivity index (χ2v) is 8.09. The van der Waals surface area contributed by atoms with Crippen molar-refractivity contribution in [3.05, 3.63) is 23.8 Å². The Kier molecular flexibility index (Phi) is 5.20. The van der Waals surface area contributed by atoms with Gasteiger partial charge in [0.2, 0.25) is 0 Å². The minimum absolute atomic E-state index is 0.229. The van der Waals surface area contributed by atoms with E-state index in [9.17, 15) is 4.79 Å². The lowest BCUT2D eigenvalue weighted by Crippen LogP contribution is -3.14. The summed E-state index contributed by atoms with van der Waals surface area (Å²) in [4.78, 5) is 13.7. The van der Waals surface area contributed by atoms with E-state index < -0.39 is 0 Å². The molecule has 2 aliphatic rings. The minimum Gasteiger partial charge on any atom is -0.348 e. The van der Waals surface area contributed by atoms with Gasteiger partial charge in [-0.2, -0.15) is 0 Å². The number of piperidine rings is 1. The summed E-state index contributed by atoms with van der Waals surface area (Å²) in [7, 11) is 0.